The Balaban J connectivity index is 2.01. The Labute approximate surface area is 234 Å². The van der Waals surface area contributed by atoms with Crippen molar-refractivity contribution in [1.29, 1.82) is 0 Å². The molecule has 0 saturated heterocycles. The number of amides is 2. The molecule has 0 aromatic heterocycles. The van der Waals surface area contributed by atoms with Crippen LogP contribution >= 0.6 is 23.2 Å². The van der Waals surface area contributed by atoms with Crippen molar-refractivity contribution in [1.82, 2.24) is 10.2 Å². The second-order valence-corrected chi connectivity index (χ2v) is 11.9. The van der Waals surface area contributed by atoms with Crippen LogP contribution in [0.2, 0.25) is 10.0 Å². The number of halogens is 2. The lowest BCUT2D eigenvalue weighted by Gasteiger charge is -2.32. The number of rotatable bonds is 11. The fourth-order valence-electron chi connectivity index (χ4n) is 3.73. The van der Waals surface area contributed by atoms with Crippen molar-refractivity contribution >= 4 is 50.7 Å². The molecule has 0 saturated carbocycles. The Bertz CT molecular complexity index is 1330. The molecule has 10 heteroatoms. The summed E-state index contributed by atoms with van der Waals surface area (Å²) >= 11 is 12.8. The Morgan fingerprint density at radius 3 is 1.95 bits per heavy atom. The SMILES string of the molecule is CC(C)CNC(=O)[C@@H](C)N(Cc1c(Cl)cccc1Cl)C(=O)CN(c1ccccc1)S(=O)(=O)c1ccccc1. The number of nitrogens with one attached hydrogen (secondary N) is 1. The van der Waals surface area contributed by atoms with Gasteiger partial charge in [0.05, 0.1) is 10.6 Å². The van der Waals surface area contributed by atoms with Crippen LogP contribution in [-0.4, -0.2) is 44.3 Å². The summed E-state index contributed by atoms with van der Waals surface area (Å²) < 4.78 is 28.4. The molecule has 1 N–H and O–H groups in total. The molecule has 3 aromatic carbocycles. The zero-order chi connectivity index (χ0) is 27.9. The van der Waals surface area contributed by atoms with Crippen LogP contribution in [0.4, 0.5) is 5.69 Å². The summed E-state index contributed by atoms with van der Waals surface area (Å²) in [5.41, 5.74) is 0.780. The van der Waals surface area contributed by atoms with Gasteiger partial charge in [-0.2, -0.15) is 0 Å². The summed E-state index contributed by atoms with van der Waals surface area (Å²) in [7, 11) is -4.11. The zero-order valence-corrected chi connectivity index (χ0v) is 23.8. The van der Waals surface area contributed by atoms with E-state index >= 15 is 0 Å². The fraction of sp³-hybridized carbons (Fsp3) is 0.286. The third kappa shape index (κ3) is 7.28. The van der Waals surface area contributed by atoms with Gasteiger partial charge in [-0.05, 0) is 49.2 Å². The van der Waals surface area contributed by atoms with E-state index in [0.29, 0.717) is 27.8 Å². The number of hydrogen-bond donors (Lipinski definition) is 1. The smallest absolute Gasteiger partial charge is 0.264 e. The van der Waals surface area contributed by atoms with Gasteiger partial charge in [-0.3, -0.25) is 13.9 Å². The van der Waals surface area contributed by atoms with Gasteiger partial charge in [0.15, 0.2) is 0 Å². The van der Waals surface area contributed by atoms with Gasteiger partial charge in [-0.1, -0.05) is 79.5 Å². The minimum Gasteiger partial charge on any atom is -0.354 e. The van der Waals surface area contributed by atoms with E-state index in [0.717, 1.165) is 4.31 Å². The highest BCUT2D eigenvalue weighted by atomic mass is 35.5. The molecule has 0 aliphatic rings. The standard InChI is InChI=1S/C28H31Cl2N3O4S/c1-20(2)17-31-28(35)21(3)32(18-24-25(29)15-10-16-26(24)30)27(34)19-33(22-11-6-4-7-12-22)38(36,37)23-13-8-5-9-14-23/h4-16,20-21H,17-19H2,1-3H3,(H,31,35)/t21-/m1/s1. The van der Waals surface area contributed by atoms with Crippen LogP contribution in [-0.2, 0) is 26.2 Å². The summed E-state index contributed by atoms with van der Waals surface area (Å²) in [5, 5.41) is 3.51. The number of nitrogens with zero attached hydrogens (tertiary/aromatic N) is 2. The maximum absolute atomic E-state index is 13.9. The van der Waals surface area contributed by atoms with Crippen LogP contribution in [0.5, 0.6) is 0 Å². The van der Waals surface area contributed by atoms with E-state index in [2.05, 4.69) is 5.32 Å². The van der Waals surface area contributed by atoms with E-state index in [1.807, 2.05) is 13.8 Å². The second kappa shape index (κ2) is 13.1. The van der Waals surface area contributed by atoms with Crippen LogP contribution in [0.25, 0.3) is 0 Å². The molecule has 1 atom stereocenters. The van der Waals surface area contributed by atoms with Crippen LogP contribution in [0.1, 0.15) is 26.3 Å². The highest BCUT2D eigenvalue weighted by Crippen LogP contribution is 2.28. The molecule has 0 aliphatic heterocycles. The molecule has 2 amide bonds. The second-order valence-electron chi connectivity index (χ2n) is 9.20. The summed E-state index contributed by atoms with van der Waals surface area (Å²) in [6.45, 7) is 5.33. The number of anilines is 1. The number of carbonyl (C=O) groups excluding carboxylic acids is 2. The van der Waals surface area contributed by atoms with E-state index in [1.165, 1.54) is 17.0 Å². The molecule has 202 valence electrons. The lowest BCUT2D eigenvalue weighted by atomic mass is 10.1. The number of benzene rings is 3. The lowest BCUT2D eigenvalue weighted by Crippen LogP contribution is -2.51. The van der Waals surface area contributed by atoms with Crippen LogP contribution < -0.4 is 9.62 Å². The molecule has 0 heterocycles. The molecular weight excluding hydrogens is 545 g/mol. The molecule has 0 spiro atoms. The van der Waals surface area contributed by atoms with Crippen molar-refractivity contribution in [3.8, 4) is 0 Å². The maximum atomic E-state index is 13.9. The van der Waals surface area contributed by atoms with Gasteiger partial charge in [-0.15, -0.1) is 0 Å². The molecule has 0 fully saturated rings. The quantitative estimate of drug-likeness (QED) is 0.332. The summed E-state index contributed by atoms with van der Waals surface area (Å²) in [6.07, 6.45) is 0. The average Bonchev–Trinajstić information content (AvgIpc) is 2.90. The van der Waals surface area contributed by atoms with Crippen molar-refractivity contribution in [2.45, 2.75) is 38.3 Å². The van der Waals surface area contributed by atoms with Gasteiger partial charge in [-0.25, -0.2) is 8.42 Å². The first-order chi connectivity index (χ1) is 18.0. The van der Waals surface area contributed by atoms with E-state index in [9.17, 15) is 18.0 Å². The largest absolute Gasteiger partial charge is 0.354 e. The third-order valence-corrected chi connectivity index (χ3v) is 8.39. The predicted molar refractivity (Wildman–Crippen MR) is 152 cm³/mol. The van der Waals surface area contributed by atoms with E-state index < -0.39 is 28.5 Å². The molecule has 0 radical (unpaired) electrons. The maximum Gasteiger partial charge on any atom is 0.264 e. The minimum atomic E-state index is -4.11. The Kier molecular flexibility index (Phi) is 10.2. The fourth-order valence-corrected chi connectivity index (χ4v) is 5.68. The van der Waals surface area contributed by atoms with Crippen LogP contribution in [0.15, 0.2) is 83.8 Å². The number of carbonyl (C=O) groups is 2. The molecule has 0 aliphatic carbocycles. The number of para-hydroxylation sites is 1. The highest BCUT2D eigenvalue weighted by molar-refractivity contribution is 7.92. The van der Waals surface area contributed by atoms with Crippen molar-refractivity contribution in [2.24, 2.45) is 5.92 Å². The Hall–Kier alpha value is -3.07. The first-order valence-electron chi connectivity index (χ1n) is 12.1. The van der Waals surface area contributed by atoms with E-state index in [-0.39, 0.29) is 23.3 Å². The average molecular weight is 577 g/mol. The summed E-state index contributed by atoms with van der Waals surface area (Å²) in [4.78, 5) is 28.2. The molecule has 0 bridgehead atoms. The zero-order valence-electron chi connectivity index (χ0n) is 21.5. The van der Waals surface area contributed by atoms with Crippen LogP contribution in [0.3, 0.4) is 0 Å². The normalized spacial score (nSPS) is 12.2. The van der Waals surface area contributed by atoms with Crippen molar-refractivity contribution in [3.63, 3.8) is 0 Å². The van der Waals surface area contributed by atoms with Gasteiger partial charge in [0.2, 0.25) is 11.8 Å². The number of sulfonamides is 1. The molecule has 0 unspecified atom stereocenters. The predicted octanol–water partition coefficient (Wildman–Crippen LogP) is 5.38. The van der Waals surface area contributed by atoms with E-state index in [4.69, 9.17) is 23.2 Å². The van der Waals surface area contributed by atoms with Crippen molar-refractivity contribution in [2.75, 3.05) is 17.4 Å². The first-order valence-corrected chi connectivity index (χ1v) is 14.3. The van der Waals surface area contributed by atoms with Gasteiger partial charge >= 0.3 is 0 Å². The number of hydrogen-bond acceptors (Lipinski definition) is 4. The topological polar surface area (TPSA) is 86.8 Å². The Morgan fingerprint density at radius 1 is 0.842 bits per heavy atom. The highest BCUT2D eigenvalue weighted by Gasteiger charge is 2.33. The molecule has 3 rings (SSSR count). The molecule has 7 nitrogen and oxygen atoms in total. The lowest BCUT2D eigenvalue weighted by molar-refractivity contribution is -0.139. The van der Waals surface area contributed by atoms with Crippen LogP contribution in [0, 0.1) is 5.92 Å². The molecular formula is C28H31Cl2N3O4S. The van der Waals surface area contributed by atoms with Crippen molar-refractivity contribution in [3.05, 3.63) is 94.5 Å². The Morgan fingerprint density at radius 2 is 1.39 bits per heavy atom. The third-order valence-electron chi connectivity index (χ3n) is 5.90. The van der Waals surface area contributed by atoms with Crippen molar-refractivity contribution < 1.29 is 18.0 Å². The first kappa shape index (κ1) is 29.5. The molecule has 3 aromatic rings. The van der Waals surface area contributed by atoms with Gasteiger partial charge in [0, 0.05) is 28.7 Å². The van der Waals surface area contributed by atoms with Gasteiger partial charge in [0.25, 0.3) is 10.0 Å². The minimum absolute atomic E-state index is 0.0417. The monoisotopic (exact) mass is 575 g/mol. The van der Waals surface area contributed by atoms with Gasteiger partial charge < -0.3 is 10.2 Å². The summed E-state index contributed by atoms with van der Waals surface area (Å²) in [6, 6.07) is 20.3. The molecule has 38 heavy (non-hydrogen) atoms. The van der Waals surface area contributed by atoms with E-state index in [1.54, 1.807) is 73.7 Å². The van der Waals surface area contributed by atoms with Gasteiger partial charge in [0.1, 0.15) is 12.6 Å². The summed E-state index contributed by atoms with van der Waals surface area (Å²) in [5.74, 6) is -0.748.